The molecule has 0 aliphatic rings. The van der Waals surface area contributed by atoms with Crippen molar-refractivity contribution in [1.82, 2.24) is 9.97 Å². The summed E-state index contributed by atoms with van der Waals surface area (Å²) in [7, 11) is -4.09. The molecule has 104 valence electrons. The van der Waals surface area contributed by atoms with Gasteiger partial charge in [-0.25, -0.2) is 27.9 Å². The molecule has 1 amide bonds. The van der Waals surface area contributed by atoms with Gasteiger partial charge in [0, 0.05) is 12.4 Å². The van der Waals surface area contributed by atoms with Crippen LogP contribution in [0.1, 0.15) is 10.4 Å². The predicted molar refractivity (Wildman–Crippen MR) is 67.8 cm³/mol. The van der Waals surface area contributed by atoms with Gasteiger partial charge in [-0.3, -0.25) is 4.79 Å². The Morgan fingerprint density at radius 2 is 1.90 bits per heavy atom. The van der Waals surface area contributed by atoms with E-state index >= 15 is 0 Å². The summed E-state index contributed by atoms with van der Waals surface area (Å²) in [5.74, 6) is -1.39. The van der Waals surface area contributed by atoms with Crippen LogP contribution in [0.5, 0.6) is 0 Å². The Kier molecular flexibility index (Phi) is 3.72. The van der Waals surface area contributed by atoms with Crippen LogP contribution in [-0.4, -0.2) is 24.3 Å². The maximum Gasteiger partial charge on any atom is 0.258 e. The highest BCUT2D eigenvalue weighted by Gasteiger charge is 2.17. The van der Waals surface area contributed by atoms with Crippen molar-refractivity contribution in [3.63, 3.8) is 0 Å². The SMILES string of the molecule is NS(=O)(=O)c1ccc(F)cc1NC(=O)c1cncnc1. The standard InChI is InChI=1S/C11H9FN4O3S/c12-8-1-2-10(20(13,18)19)9(3-8)16-11(17)7-4-14-6-15-5-7/h1-6H,(H,16,17)(H2,13,18,19). The highest BCUT2D eigenvalue weighted by Crippen LogP contribution is 2.21. The fraction of sp³-hybridized carbons (Fsp3) is 0. The van der Waals surface area contributed by atoms with E-state index in [0.717, 1.165) is 18.2 Å². The van der Waals surface area contributed by atoms with Crippen LogP contribution < -0.4 is 10.5 Å². The van der Waals surface area contributed by atoms with Crippen molar-refractivity contribution in [2.24, 2.45) is 5.14 Å². The van der Waals surface area contributed by atoms with Crippen molar-refractivity contribution < 1.29 is 17.6 Å². The summed E-state index contributed by atoms with van der Waals surface area (Å²) in [5.41, 5.74) is -0.154. The molecule has 0 unspecified atom stereocenters. The van der Waals surface area contributed by atoms with Crippen molar-refractivity contribution in [2.75, 3.05) is 5.32 Å². The van der Waals surface area contributed by atoms with Crippen LogP contribution >= 0.6 is 0 Å². The number of halogens is 1. The average molecular weight is 296 g/mol. The van der Waals surface area contributed by atoms with Crippen LogP contribution in [0.25, 0.3) is 0 Å². The largest absolute Gasteiger partial charge is 0.321 e. The number of carbonyl (C=O) groups excluding carboxylic acids is 1. The Morgan fingerprint density at radius 3 is 2.50 bits per heavy atom. The number of amides is 1. The van der Waals surface area contributed by atoms with Gasteiger partial charge in [-0.2, -0.15) is 0 Å². The number of sulfonamides is 1. The van der Waals surface area contributed by atoms with Gasteiger partial charge in [-0.05, 0) is 18.2 Å². The summed E-state index contributed by atoms with van der Waals surface area (Å²) in [6.07, 6.45) is 3.70. The predicted octanol–water partition coefficient (Wildman–Crippen LogP) is 0.515. The number of hydrogen-bond donors (Lipinski definition) is 2. The summed E-state index contributed by atoms with van der Waals surface area (Å²) >= 11 is 0. The zero-order chi connectivity index (χ0) is 14.8. The topological polar surface area (TPSA) is 115 Å². The monoisotopic (exact) mass is 296 g/mol. The van der Waals surface area contributed by atoms with Gasteiger partial charge in [-0.15, -0.1) is 0 Å². The number of aromatic nitrogens is 2. The quantitative estimate of drug-likeness (QED) is 0.856. The summed E-state index contributed by atoms with van der Waals surface area (Å²) in [6, 6.07) is 2.77. The fourth-order valence-electron chi connectivity index (χ4n) is 1.46. The molecule has 2 aromatic rings. The molecule has 0 aliphatic heterocycles. The molecule has 0 spiro atoms. The number of hydrogen-bond acceptors (Lipinski definition) is 5. The first-order valence-electron chi connectivity index (χ1n) is 5.26. The van der Waals surface area contributed by atoms with E-state index in [4.69, 9.17) is 5.14 Å². The minimum Gasteiger partial charge on any atom is -0.321 e. The lowest BCUT2D eigenvalue weighted by atomic mass is 10.2. The number of nitrogens with one attached hydrogen (secondary N) is 1. The third kappa shape index (κ3) is 3.13. The maximum absolute atomic E-state index is 13.2. The zero-order valence-corrected chi connectivity index (χ0v) is 10.8. The number of carbonyl (C=O) groups is 1. The first kappa shape index (κ1) is 14.0. The Balaban J connectivity index is 2.39. The first-order chi connectivity index (χ1) is 9.38. The fourth-order valence-corrected chi connectivity index (χ4v) is 2.13. The third-order valence-electron chi connectivity index (χ3n) is 2.32. The third-order valence-corrected chi connectivity index (χ3v) is 3.29. The van der Waals surface area contributed by atoms with E-state index < -0.39 is 21.7 Å². The molecule has 1 aromatic heterocycles. The van der Waals surface area contributed by atoms with Gasteiger partial charge in [0.25, 0.3) is 5.91 Å². The van der Waals surface area contributed by atoms with Crippen LogP contribution in [0.2, 0.25) is 0 Å². The molecule has 9 heteroatoms. The lowest BCUT2D eigenvalue weighted by molar-refractivity contribution is 0.102. The second-order valence-electron chi connectivity index (χ2n) is 3.77. The van der Waals surface area contributed by atoms with E-state index in [2.05, 4.69) is 15.3 Å². The molecule has 20 heavy (non-hydrogen) atoms. The lowest BCUT2D eigenvalue weighted by Crippen LogP contribution is -2.18. The molecule has 0 atom stereocenters. The van der Waals surface area contributed by atoms with Crippen LogP contribution in [0.15, 0.2) is 41.8 Å². The van der Waals surface area contributed by atoms with Crippen molar-refractivity contribution in [2.45, 2.75) is 4.90 Å². The summed E-state index contributed by atoms with van der Waals surface area (Å²) in [5, 5.41) is 7.25. The van der Waals surface area contributed by atoms with Gasteiger partial charge in [0.05, 0.1) is 11.3 Å². The summed E-state index contributed by atoms with van der Waals surface area (Å²) in [4.78, 5) is 18.8. The van der Waals surface area contributed by atoms with Gasteiger partial charge >= 0.3 is 0 Å². The summed E-state index contributed by atoms with van der Waals surface area (Å²) in [6.45, 7) is 0. The highest BCUT2D eigenvalue weighted by atomic mass is 32.2. The summed E-state index contributed by atoms with van der Waals surface area (Å²) < 4.78 is 35.9. The maximum atomic E-state index is 13.2. The van der Waals surface area contributed by atoms with Crippen LogP contribution in [0.4, 0.5) is 10.1 Å². The van der Waals surface area contributed by atoms with Crippen LogP contribution in [0, 0.1) is 5.82 Å². The molecule has 3 N–H and O–H groups in total. The smallest absolute Gasteiger partial charge is 0.258 e. The second kappa shape index (κ2) is 5.31. The van der Waals surface area contributed by atoms with E-state index in [1.54, 1.807) is 0 Å². The second-order valence-corrected chi connectivity index (χ2v) is 5.30. The van der Waals surface area contributed by atoms with Gasteiger partial charge in [0.2, 0.25) is 10.0 Å². The average Bonchev–Trinajstić information content (AvgIpc) is 2.38. The van der Waals surface area contributed by atoms with E-state index in [1.165, 1.54) is 18.7 Å². The number of anilines is 1. The van der Waals surface area contributed by atoms with Crippen molar-refractivity contribution >= 4 is 21.6 Å². The van der Waals surface area contributed by atoms with E-state index in [0.29, 0.717) is 0 Å². The number of nitrogens with zero attached hydrogens (tertiary/aromatic N) is 2. The zero-order valence-electron chi connectivity index (χ0n) is 9.95. The first-order valence-corrected chi connectivity index (χ1v) is 6.81. The number of nitrogens with two attached hydrogens (primary N) is 1. The van der Waals surface area contributed by atoms with Gasteiger partial charge < -0.3 is 5.32 Å². The van der Waals surface area contributed by atoms with E-state index in [-0.39, 0.29) is 16.1 Å². The molecule has 7 nitrogen and oxygen atoms in total. The normalized spacial score (nSPS) is 11.1. The Hall–Kier alpha value is -2.39. The molecule has 0 aliphatic carbocycles. The van der Waals surface area contributed by atoms with Crippen molar-refractivity contribution in [3.05, 3.63) is 48.3 Å². The number of rotatable bonds is 3. The molecule has 1 heterocycles. The van der Waals surface area contributed by atoms with Crippen molar-refractivity contribution in [1.29, 1.82) is 0 Å². The number of primary sulfonamides is 1. The van der Waals surface area contributed by atoms with E-state index in [9.17, 15) is 17.6 Å². The van der Waals surface area contributed by atoms with Crippen LogP contribution in [0.3, 0.4) is 0 Å². The van der Waals surface area contributed by atoms with E-state index in [1.807, 2.05) is 0 Å². The Labute approximate surface area is 113 Å². The lowest BCUT2D eigenvalue weighted by Gasteiger charge is -2.09. The molecule has 0 fully saturated rings. The molecule has 2 rings (SSSR count). The Bertz CT molecular complexity index is 750. The van der Waals surface area contributed by atoms with Crippen LogP contribution in [-0.2, 0) is 10.0 Å². The molecular formula is C11H9FN4O3S. The van der Waals surface area contributed by atoms with Gasteiger partial charge in [0.15, 0.2) is 0 Å². The Morgan fingerprint density at radius 1 is 1.25 bits per heavy atom. The number of benzene rings is 1. The minimum absolute atomic E-state index is 0.0946. The minimum atomic E-state index is -4.09. The van der Waals surface area contributed by atoms with Gasteiger partial charge in [0.1, 0.15) is 17.0 Å². The highest BCUT2D eigenvalue weighted by molar-refractivity contribution is 7.89. The molecule has 0 saturated carbocycles. The van der Waals surface area contributed by atoms with Gasteiger partial charge in [-0.1, -0.05) is 0 Å². The van der Waals surface area contributed by atoms with Crippen molar-refractivity contribution in [3.8, 4) is 0 Å². The molecule has 0 saturated heterocycles. The molecule has 0 bridgehead atoms. The molecule has 0 radical (unpaired) electrons. The molecular weight excluding hydrogens is 287 g/mol. The molecule has 1 aromatic carbocycles.